The molecule has 0 aromatic heterocycles. The standard InChI is InChI=1S/C26H44N2O4S2/c1-23(2)13-17(14-24(3,4)27(23)9)19-11-12-20(33(29)30)21(22(19)34(31)32)18-15-25(5,6)28(10)26(7,8)16-18/h11-12,17-18H,13-16H2,1-10H3,(H,29,30)(H,31,32). The average molecular weight is 513 g/mol. The predicted octanol–water partition coefficient (Wildman–Crippen LogP) is 5.58. The summed E-state index contributed by atoms with van der Waals surface area (Å²) in [7, 11) is 4.26. The highest BCUT2D eigenvalue weighted by atomic mass is 32.2. The van der Waals surface area contributed by atoms with Crippen LogP contribution in [0.5, 0.6) is 0 Å². The van der Waals surface area contributed by atoms with Crippen molar-refractivity contribution >= 4 is 22.2 Å². The van der Waals surface area contributed by atoms with E-state index in [0.717, 1.165) is 31.2 Å². The third-order valence-electron chi connectivity index (χ3n) is 9.01. The molecule has 3 rings (SSSR count). The maximum atomic E-state index is 13.0. The van der Waals surface area contributed by atoms with E-state index in [-0.39, 0.29) is 38.9 Å². The summed E-state index contributed by atoms with van der Waals surface area (Å²) in [6.07, 6.45) is 3.19. The van der Waals surface area contributed by atoms with Crippen molar-refractivity contribution in [3.8, 4) is 0 Å². The lowest BCUT2D eigenvalue weighted by atomic mass is 9.69. The van der Waals surface area contributed by atoms with Gasteiger partial charge in [0.15, 0.2) is 22.2 Å². The van der Waals surface area contributed by atoms with Gasteiger partial charge in [0.05, 0.1) is 9.79 Å². The Morgan fingerprint density at radius 2 is 1.09 bits per heavy atom. The van der Waals surface area contributed by atoms with Gasteiger partial charge in [-0.25, -0.2) is 8.42 Å². The van der Waals surface area contributed by atoms with Gasteiger partial charge in [0.25, 0.3) is 0 Å². The molecule has 1 aromatic rings. The Morgan fingerprint density at radius 1 is 0.706 bits per heavy atom. The first kappa shape index (κ1) is 27.9. The highest BCUT2D eigenvalue weighted by molar-refractivity contribution is 7.80. The van der Waals surface area contributed by atoms with Gasteiger partial charge in [-0.15, -0.1) is 0 Å². The molecule has 2 heterocycles. The van der Waals surface area contributed by atoms with E-state index >= 15 is 0 Å². The second kappa shape index (κ2) is 9.03. The van der Waals surface area contributed by atoms with E-state index < -0.39 is 22.2 Å². The van der Waals surface area contributed by atoms with E-state index in [1.807, 2.05) is 6.07 Å². The van der Waals surface area contributed by atoms with Gasteiger partial charge in [0.2, 0.25) is 0 Å². The van der Waals surface area contributed by atoms with Crippen molar-refractivity contribution in [2.75, 3.05) is 14.1 Å². The van der Waals surface area contributed by atoms with Crippen molar-refractivity contribution in [3.63, 3.8) is 0 Å². The average Bonchev–Trinajstić information content (AvgIpc) is 2.67. The van der Waals surface area contributed by atoms with Gasteiger partial charge in [-0.3, -0.25) is 9.80 Å². The second-order valence-corrected chi connectivity index (χ2v) is 14.8. The summed E-state index contributed by atoms with van der Waals surface area (Å²) in [5, 5.41) is 0. The zero-order valence-corrected chi connectivity index (χ0v) is 24.2. The number of hydrogen-bond acceptors (Lipinski definition) is 4. The first-order chi connectivity index (χ1) is 15.3. The van der Waals surface area contributed by atoms with Crippen molar-refractivity contribution in [3.05, 3.63) is 23.3 Å². The number of likely N-dealkylation sites (tertiary alicyclic amines) is 2. The fourth-order valence-corrected chi connectivity index (χ4v) is 8.43. The Balaban J connectivity index is 2.24. The van der Waals surface area contributed by atoms with E-state index in [1.54, 1.807) is 6.07 Å². The van der Waals surface area contributed by atoms with Crippen molar-refractivity contribution in [1.82, 2.24) is 9.80 Å². The molecule has 2 atom stereocenters. The third kappa shape index (κ3) is 4.96. The van der Waals surface area contributed by atoms with E-state index in [4.69, 9.17) is 0 Å². The van der Waals surface area contributed by atoms with Gasteiger partial charge in [-0.2, -0.15) is 0 Å². The maximum Gasteiger partial charge on any atom is 0.187 e. The molecule has 2 aliphatic heterocycles. The molecular formula is C26H44N2O4S2. The fraction of sp³-hybridized carbons (Fsp3) is 0.769. The number of nitrogens with zero attached hydrogens (tertiary/aromatic N) is 2. The van der Waals surface area contributed by atoms with Gasteiger partial charge in [-0.1, -0.05) is 6.07 Å². The van der Waals surface area contributed by atoms with Crippen molar-refractivity contribution < 1.29 is 17.5 Å². The molecule has 0 radical (unpaired) electrons. The number of rotatable bonds is 4. The Bertz CT molecular complexity index is 967. The summed E-state index contributed by atoms with van der Waals surface area (Å²) >= 11 is -4.52. The minimum Gasteiger partial charge on any atom is -0.302 e. The van der Waals surface area contributed by atoms with Crippen LogP contribution in [-0.2, 0) is 22.2 Å². The van der Waals surface area contributed by atoms with Crippen molar-refractivity contribution in [1.29, 1.82) is 0 Å². The van der Waals surface area contributed by atoms with Crippen LogP contribution in [0.3, 0.4) is 0 Å². The molecule has 0 saturated carbocycles. The highest BCUT2D eigenvalue weighted by Gasteiger charge is 2.47. The number of benzene rings is 1. The summed E-state index contributed by atoms with van der Waals surface area (Å²) in [6, 6.07) is 3.57. The normalized spacial score (nSPS) is 27.4. The summed E-state index contributed by atoms with van der Waals surface area (Å²) < 4.78 is 46.3. The molecule has 2 aliphatic rings. The van der Waals surface area contributed by atoms with E-state index in [1.165, 1.54) is 0 Å². The molecule has 2 fully saturated rings. The monoisotopic (exact) mass is 512 g/mol. The molecule has 2 unspecified atom stereocenters. The smallest absolute Gasteiger partial charge is 0.187 e. The van der Waals surface area contributed by atoms with Gasteiger partial charge in [0.1, 0.15) is 0 Å². The zero-order chi connectivity index (χ0) is 26.0. The van der Waals surface area contributed by atoms with Crippen LogP contribution in [0.15, 0.2) is 21.9 Å². The Labute approximate surface area is 211 Å². The van der Waals surface area contributed by atoms with Gasteiger partial charge >= 0.3 is 0 Å². The molecule has 1 aromatic carbocycles. The highest BCUT2D eigenvalue weighted by Crippen LogP contribution is 2.51. The first-order valence-corrected chi connectivity index (χ1v) is 14.4. The van der Waals surface area contributed by atoms with E-state index in [2.05, 4.69) is 79.3 Å². The molecule has 0 bridgehead atoms. The van der Waals surface area contributed by atoms with Crippen LogP contribution >= 0.6 is 0 Å². The lowest BCUT2D eigenvalue weighted by Gasteiger charge is -2.55. The number of piperidine rings is 2. The molecule has 8 heteroatoms. The summed E-state index contributed by atoms with van der Waals surface area (Å²) in [6.45, 7) is 17.6. The fourth-order valence-electron chi connectivity index (χ4n) is 6.82. The Kier molecular flexibility index (Phi) is 7.42. The van der Waals surface area contributed by atoms with Crippen LogP contribution in [0.1, 0.15) is 104 Å². The molecule has 6 nitrogen and oxygen atoms in total. The Morgan fingerprint density at radius 3 is 1.44 bits per heavy atom. The van der Waals surface area contributed by atoms with Crippen LogP contribution in [0.2, 0.25) is 0 Å². The molecular weight excluding hydrogens is 468 g/mol. The molecule has 0 spiro atoms. The lowest BCUT2D eigenvalue weighted by Crippen LogP contribution is -2.58. The molecule has 2 saturated heterocycles. The minimum atomic E-state index is -2.27. The van der Waals surface area contributed by atoms with Gasteiger partial charge in [0, 0.05) is 22.2 Å². The SMILES string of the molecule is CN1C(C)(C)CC(c2ccc(S(=O)O)c(C3CC(C)(C)N(C)C(C)(C)C3)c2S(=O)O)CC1(C)C. The quantitative estimate of drug-likeness (QED) is 0.513. The summed E-state index contributed by atoms with van der Waals surface area (Å²) in [4.78, 5) is 5.38. The molecule has 2 N–H and O–H groups in total. The van der Waals surface area contributed by atoms with Crippen LogP contribution in [0.4, 0.5) is 0 Å². The van der Waals surface area contributed by atoms with Crippen molar-refractivity contribution in [2.24, 2.45) is 0 Å². The minimum absolute atomic E-state index is 0.0829. The van der Waals surface area contributed by atoms with Crippen LogP contribution < -0.4 is 0 Å². The predicted molar refractivity (Wildman–Crippen MR) is 140 cm³/mol. The zero-order valence-electron chi connectivity index (χ0n) is 22.6. The van der Waals surface area contributed by atoms with Gasteiger partial charge < -0.3 is 9.11 Å². The molecule has 0 aliphatic carbocycles. The molecule has 34 heavy (non-hydrogen) atoms. The lowest BCUT2D eigenvalue weighted by molar-refractivity contribution is -0.0148. The second-order valence-electron chi connectivity index (χ2n) is 13.0. The molecule has 194 valence electrons. The first-order valence-electron chi connectivity index (χ1n) is 12.2. The number of hydrogen-bond donors (Lipinski definition) is 2. The van der Waals surface area contributed by atoms with E-state index in [0.29, 0.717) is 10.5 Å². The van der Waals surface area contributed by atoms with Crippen LogP contribution in [0.25, 0.3) is 0 Å². The van der Waals surface area contributed by atoms with Gasteiger partial charge in [-0.05, 0) is 124 Å². The molecule has 0 amide bonds. The van der Waals surface area contributed by atoms with Crippen LogP contribution in [-0.4, -0.2) is 63.6 Å². The maximum absolute atomic E-state index is 13.0. The third-order valence-corrected chi connectivity index (χ3v) is 10.6. The Hall–Kier alpha value is -0.640. The summed E-state index contributed by atoms with van der Waals surface area (Å²) in [5.74, 6) is -0.00912. The summed E-state index contributed by atoms with van der Waals surface area (Å²) in [5.41, 5.74) is 0.968. The topological polar surface area (TPSA) is 81.1 Å². The largest absolute Gasteiger partial charge is 0.302 e. The van der Waals surface area contributed by atoms with Crippen molar-refractivity contribution in [2.45, 2.75) is 125 Å². The van der Waals surface area contributed by atoms with E-state index in [9.17, 15) is 17.5 Å². The van der Waals surface area contributed by atoms with Crippen LogP contribution in [0, 0.1) is 0 Å².